The predicted molar refractivity (Wildman–Crippen MR) is 167 cm³/mol. The number of morpholine rings is 1. The number of sulfonamides is 1. The standard InChI is InChI=1S/C33H36N4O4S/c38-33(34-15-5-16-36-18-20-41-21-19-36)31-23-29(11-13-32(31)37-17-14-26-7-2-4-9-28(26)24-37)35-42(39,40)30-12-10-25-6-1-3-8-27(25)22-30/h1-4,6-13,22-23,35H,5,14-21,24H2,(H,34,38). The number of carbonyl (C=O) groups excluding carboxylic acids is 1. The minimum absolute atomic E-state index is 0.173. The number of nitrogens with one attached hydrogen (secondary N) is 2. The van der Waals surface area contributed by atoms with Gasteiger partial charge in [-0.15, -0.1) is 0 Å². The van der Waals surface area contributed by atoms with Crippen LogP contribution < -0.4 is 14.9 Å². The van der Waals surface area contributed by atoms with Gasteiger partial charge >= 0.3 is 0 Å². The molecule has 218 valence electrons. The third-order valence-electron chi connectivity index (χ3n) is 8.04. The molecule has 4 aromatic rings. The zero-order chi connectivity index (χ0) is 28.9. The monoisotopic (exact) mass is 584 g/mol. The minimum atomic E-state index is -3.87. The van der Waals surface area contributed by atoms with Gasteiger partial charge in [-0.2, -0.15) is 0 Å². The lowest BCUT2D eigenvalue weighted by Crippen LogP contribution is -2.38. The molecule has 42 heavy (non-hydrogen) atoms. The van der Waals surface area contributed by atoms with Crippen LogP contribution in [0.25, 0.3) is 10.8 Å². The predicted octanol–water partition coefficient (Wildman–Crippen LogP) is 4.66. The summed E-state index contributed by atoms with van der Waals surface area (Å²) in [5.74, 6) is -0.211. The summed E-state index contributed by atoms with van der Waals surface area (Å²) in [5.41, 5.74) is 4.16. The van der Waals surface area contributed by atoms with Gasteiger partial charge in [0.2, 0.25) is 0 Å². The number of hydrogen-bond donors (Lipinski definition) is 2. The van der Waals surface area contributed by atoms with Crippen molar-refractivity contribution in [2.45, 2.75) is 24.3 Å². The van der Waals surface area contributed by atoms with Gasteiger partial charge in [0.15, 0.2) is 0 Å². The average Bonchev–Trinajstić information content (AvgIpc) is 3.03. The van der Waals surface area contributed by atoms with Crippen LogP contribution in [0.4, 0.5) is 11.4 Å². The van der Waals surface area contributed by atoms with Crippen molar-refractivity contribution in [2.75, 3.05) is 55.6 Å². The summed E-state index contributed by atoms with van der Waals surface area (Å²) in [6, 6.07) is 26.3. The van der Waals surface area contributed by atoms with E-state index in [1.54, 1.807) is 30.3 Å². The minimum Gasteiger partial charge on any atom is -0.379 e. The van der Waals surface area contributed by atoms with E-state index in [0.717, 1.165) is 68.7 Å². The number of nitrogens with zero attached hydrogens (tertiary/aromatic N) is 2. The highest BCUT2D eigenvalue weighted by molar-refractivity contribution is 7.92. The number of amides is 1. The Labute approximate surface area is 247 Å². The van der Waals surface area contributed by atoms with Crippen molar-refractivity contribution in [3.8, 4) is 0 Å². The van der Waals surface area contributed by atoms with Gasteiger partial charge in [0, 0.05) is 44.1 Å². The van der Waals surface area contributed by atoms with Crippen LogP contribution >= 0.6 is 0 Å². The van der Waals surface area contributed by atoms with E-state index < -0.39 is 10.0 Å². The molecule has 0 bridgehead atoms. The number of hydrogen-bond acceptors (Lipinski definition) is 6. The Hall–Kier alpha value is -3.92. The second-order valence-corrected chi connectivity index (χ2v) is 12.5. The van der Waals surface area contributed by atoms with Gasteiger partial charge in [0.25, 0.3) is 15.9 Å². The molecule has 8 nitrogen and oxygen atoms in total. The van der Waals surface area contributed by atoms with E-state index in [-0.39, 0.29) is 10.8 Å². The molecule has 2 aliphatic heterocycles. The van der Waals surface area contributed by atoms with E-state index in [0.29, 0.717) is 24.3 Å². The third kappa shape index (κ3) is 6.43. The van der Waals surface area contributed by atoms with E-state index >= 15 is 0 Å². The summed E-state index contributed by atoms with van der Waals surface area (Å²) >= 11 is 0. The highest BCUT2D eigenvalue weighted by Crippen LogP contribution is 2.31. The number of fused-ring (bicyclic) bond motifs is 2. The van der Waals surface area contributed by atoms with E-state index in [1.807, 2.05) is 36.4 Å². The molecule has 0 atom stereocenters. The number of anilines is 2. The van der Waals surface area contributed by atoms with Crippen molar-refractivity contribution in [2.24, 2.45) is 0 Å². The molecule has 2 aliphatic rings. The second kappa shape index (κ2) is 12.5. The molecule has 0 aromatic heterocycles. The van der Waals surface area contributed by atoms with Gasteiger partial charge in [-0.25, -0.2) is 8.42 Å². The molecule has 2 heterocycles. The maximum absolute atomic E-state index is 13.6. The molecule has 6 rings (SSSR count). The Kier molecular flexibility index (Phi) is 8.41. The van der Waals surface area contributed by atoms with Gasteiger partial charge in [0.05, 0.1) is 23.7 Å². The molecule has 2 N–H and O–H groups in total. The molecule has 1 fully saturated rings. The molecule has 0 spiro atoms. The normalized spacial score (nSPS) is 15.8. The molecule has 0 unspecified atom stereocenters. The molecular formula is C33H36N4O4S. The summed E-state index contributed by atoms with van der Waals surface area (Å²) in [7, 11) is -3.87. The van der Waals surface area contributed by atoms with Crippen molar-refractivity contribution in [3.05, 3.63) is 102 Å². The maximum Gasteiger partial charge on any atom is 0.261 e. The van der Waals surface area contributed by atoms with Crippen LogP contribution in [-0.4, -0.2) is 65.2 Å². The molecule has 1 amide bonds. The summed E-state index contributed by atoms with van der Waals surface area (Å²) < 4.78 is 34.9. The van der Waals surface area contributed by atoms with E-state index in [4.69, 9.17) is 4.74 Å². The largest absolute Gasteiger partial charge is 0.379 e. The van der Waals surface area contributed by atoms with E-state index in [9.17, 15) is 13.2 Å². The van der Waals surface area contributed by atoms with Crippen LogP contribution in [0.1, 0.15) is 27.9 Å². The van der Waals surface area contributed by atoms with Gasteiger partial charge in [-0.3, -0.25) is 14.4 Å². The van der Waals surface area contributed by atoms with Gasteiger partial charge in [-0.05, 0) is 71.6 Å². The summed E-state index contributed by atoms with van der Waals surface area (Å²) in [6.07, 6.45) is 1.71. The third-order valence-corrected chi connectivity index (χ3v) is 9.42. The molecule has 9 heteroatoms. The fourth-order valence-corrected chi connectivity index (χ4v) is 6.82. The van der Waals surface area contributed by atoms with Crippen molar-refractivity contribution in [1.29, 1.82) is 0 Å². The highest BCUT2D eigenvalue weighted by Gasteiger charge is 2.23. The van der Waals surface area contributed by atoms with Crippen molar-refractivity contribution < 1.29 is 17.9 Å². The lowest BCUT2D eigenvalue weighted by molar-refractivity contribution is 0.0374. The summed E-state index contributed by atoms with van der Waals surface area (Å²) in [5, 5.41) is 4.89. The van der Waals surface area contributed by atoms with Crippen molar-refractivity contribution >= 4 is 38.1 Å². The number of rotatable bonds is 9. The molecule has 4 aromatic carbocycles. The fraction of sp³-hybridized carbons (Fsp3) is 0.303. The van der Waals surface area contributed by atoms with Gasteiger partial charge in [-0.1, -0.05) is 54.6 Å². The smallest absolute Gasteiger partial charge is 0.261 e. The molecule has 0 saturated carbocycles. The molecule has 0 aliphatic carbocycles. The molecule has 0 radical (unpaired) electrons. The lowest BCUT2D eigenvalue weighted by Gasteiger charge is -2.32. The maximum atomic E-state index is 13.6. The van der Waals surface area contributed by atoms with E-state index in [2.05, 4.69) is 38.0 Å². The second-order valence-electron chi connectivity index (χ2n) is 10.9. The first-order valence-corrected chi connectivity index (χ1v) is 16.0. The highest BCUT2D eigenvalue weighted by atomic mass is 32.2. The Bertz CT molecular complexity index is 1680. The molecule has 1 saturated heterocycles. The number of ether oxygens (including phenoxy) is 1. The van der Waals surface area contributed by atoms with Crippen LogP contribution in [0.2, 0.25) is 0 Å². The van der Waals surface area contributed by atoms with Gasteiger partial charge < -0.3 is 15.0 Å². The van der Waals surface area contributed by atoms with Crippen LogP contribution in [0.3, 0.4) is 0 Å². The Morgan fingerprint density at radius 1 is 0.833 bits per heavy atom. The summed E-state index contributed by atoms with van der Waals surface area (Å²) in [6.45, 7) is 6.21. The zero-order valence-electron chi connectivity index (χ0n) is 23.6. The fourth-order valence-electron chi connectivity index (χ4n) is 5.73. The lowest BCUT2D eigenvalue weighted by atomic mass is 9.98. The topological polar surface area (TPSA) is 91.0 Å². The van der Waals surface area contributed by atoms with Crippen LogP contribution in [-0.2, 0) is 27.7 Å². The van der Waals surface area contributed by atoms with Crippen molar-refractivity contribution in [1.82, 2.24) is 10.2 Å². The number of benzene rings is 4. The first-order chi connectivity index (χ1) is 20.5. The first kappa shape index (κ1) is 28.2. The van der Waals surface area contributed by atoms with Gasteiger partial charge in [0.1, 0.15) is 0 Å². The van der Waals surface area contributed by atoms with Crippen molar-refractivity contribution in [3.63, 3.8) is 0 Å². The SMILES string of the molecule is O=C(NCCCN1CCOCC1)c1cc(NS(=O)(=O)c2ccc3ccccc3c2)ccc1N1CCc2ccccc2C1. The zero-order valence-corrected chi connectivity index (χ0v) is 24.4. The van der Waals surface area contributed by atoms with Crippen LogP contribution in [0.15, 0.2) is 89.8 Å². The molecular weight excluding hydrogens is 548 g/mol. The Balaban J connectivity index is 1.23. The number of carbonyl (C=O) groups is 1. The Morgan fingerprint density at radius 2 is 1.60 bits per heavy atom. The summed E-state index contributed by atoms with van der Waals surface area (Å²) in [4.78, 5) is 18.3. The quantitative estimate of drug-likeness (QED) is 0.278. The average molecular weight is 585 g/mol. The van der Waals surface area contributed by atoms with Crippen LogP contribution in [0, 0.1) is 0 Å². The Morgan fingerprint density at radius 3 is 2.43 bits per heavy atom. The first-order valence-electron chi connectivity index (χ1n) is 14.5. The van der Waals surface area contributed by atoms with E-state index in [1.165, 1.54) is 11.1 Å². The van der Waals surface area contributed by atoms with Crippen LogP contribution in [0.5, 0.6) is 0 Å².